The first-order valence-electron chi connectivity index (χ1n) is 6.18. The maximum atomic E-state index is 14.0. The lowest BCUT2D eigenvalue weighted by Crippen LogP contribution is -2.30. The second-order valence-electron chi connectivity index (χ2n) is 4.41. The first-order chi connectivity index (χ1) is 9.65. The van der Waals surface area contributed by atoms with Crippen molar-refractivity contribution in [1.82, 2.24) is 5.43 Å². The maximum Gasteiger partial charge on any atom is 0.131 e. The Bertz CT molecular complexity index is 590. The number of benzene rings is 2. The lowest BCUT2D eigenvalue weighted by Gasteiger charge is -2.19. The molecule has 2 aromatic carbocycles. The van der Waals surface area contributed by atoms with E-state index < -0.39 is 11.9 Å². The van der Waals surface area contributed by atoms with Crippen LogP contribution in [0.15, 0.2) is 42.5 Å². The Morgan fingerprint density at radius 3 is 2.60 bits per heavy atom. The van der Waals surface area contributed by atoms with Gasteiger partial charge in [0.05, 0.1) is 13.2 Å². The molecule has 0 fully saturated rings. The molecule has 2 aromatic rings. The van der Waals surface area contributed by atoms with Gasteiger partial charge >= 0.3 is 0 Å². The van der Waals surface area contributed by atoms with E-state index in [1.807, 2.05) is 0 Å². The molecule has 3 nitrogen and oxygen atoms in total. The van der Waals surface area contributed by atoms with E-state index in [9.17, 15) is 8.78 Å². The Hall–Kier alpha value is -1.98. The molecule has 0 radical (unpaired) electrons. The second kappa shape index (κ2) is 6.45. The second-order valence-corrected chi connectivity index (χ2v) is 4.41. The minimum absolute atomic E-state index is 0.334. The Morgan fingerprint density at radius 1 is 1.20 bits per heavy atom. The number of methoxy groups -OCH3 is 1. The van der Waals surface area contributed by atoms with Gasteiger partial charge in [0.15, 0.2) is 0 Å². The summed E-state index contributed by atoms with van der Waals surface area (Å²) in [6, 6.07) is 10.2. The molecule has 1 atom stereocenters. The zero-order valence-corrected chi connectivity index (χ0v) is 11.1. The lowest BCUT2D eigenvalue weighted by molar-refractivity contribution is 0.390. The van der Waals surface area contributed by atoms with Crippen LogP contribution in [0.1, 0.15) is 17.2 Å². The molecular weight excluding hydrogens is 262 g/mol. The summed E-state index contributed by atoms with van der Waals surface area (Å²) in [5.74, 6) is 5.18. The highest BCUT2D eigenvalue weighted by molar-refractivity contribution is 5.38. The van der Waals surface area contributed by atoms with Gasteiger partial charge < -0.3 is 4.74 Å². The molecule has 0 bridgehead atoms. The summed E-state index contributed by atoms with van der Waals surface area (Å²) in [7, 11) is 1.47. The molecule has 0 aliphatic heterocycles. The van der Waals surface area contributed by atoms with Gasteiger partial charge in [-0.2, -0.15) is 0 Å². The minimum atomic E-state index is -0.507. The molecule has 106 valence electrons. The third-order valence-electron chi connectivity index (χ3n) is 3.11. The number of hydrazine groups is 1. The zero-order chi connectivity index (χ0) is 14.5. The number of nitrogens with two attached hydrogens (primary N) is 1. The van der Waals surface area contributed by atoms with Crippen molar-refractivity contribution >= 4 is 0 Å². The molecule has 0 aliphatic rings. The van der Waals surface area contributed by atoms with Gasteiger partial charge in [-0.05, 0) is 36.2 Å². The molecule has 2 rings (SSSR count). The van der Waals surface area contributed by atoms with Crippen molar-refractivity contribution < 1.29 is 13.5 Å². The molecule has 0 aliphatic carbocycles. The van der Waals surface area contributed by atoms with E-state index >= 15 is 0 Å². The van der Waals surface area contributed by atoms with Crippen molar-refractivity contribution in [1.29, 1.82) is 0 Å². The van der Waals surface area contributed by atoms with Gasteiger partial charge in [0.25, 0.3) is 0 Å². The minimum Gasteiger partial charge on any atom is -0.496 e. The van der Waals surface area contributed by atoms with E-state index in [1.54, 1.807) is 24.3 Å². The highest BCUT2D eigenvalue weighted by Gasteiger charge is 2.20. The van der Waals surface area contributed by atoms with E-state index in [2.05, 4.69) is 5.43 Å². The van der Waals surface area contributed by atoms with Crippen LogP contribution in [0.4, 0.5) is 8.78 Å². The largest absolute Gasteiger partial charge is 0.496 e. The normalized spacial score (nSPS) is 12.2. The van der Waals surface area contributed by atoms with Gasteiger partial charge in [-0.3, -0.25) is 11.3 Å². The zero-order valence-electron chi connectivity index (χ0n) is 11.1. The molecule has 3 N–H and O–H groups in total. The Kier molecular flexibility index (Phi) is 4.65. The van der Waals surface area contributed by atoms with Crippen molar-refractivity contribution in [3.05, 3.63) is 65.2 Å². The summed E-state index contributed by atoms with van der Waals surface area (Å²) in [6.07, 6.45) is 0.353. The van der Waals surface area contributed by atoms with Gasteiger partial charge in [-0.1, -0.05) is 18.2 Å². The van der Waals surface area contributed by atoms with E-state index in [0.717, 1.165) is 5.56 Å². The summed E-state index contributed by atoms with van der Waals surface area (Å²) in [4.78, 5) is 0. The summed E-state index contributed by atoms with van der Waals surface area (Å²) in [5, 5.41) is 0. The number of ether oxygens (including phenoxy) is 1. The predicted octanol–water partition coefficient (Wildman–Crippen LogP) is 2.72. The number of hydrogen-bond acceptors (Lipinski definition) is 3. The monoisotopic (exact) mass is 278 g/mol. The number of hydrogen-bond donors (Lipinski definition) is 2. The molecule has 0 saturated carbocycles. The number of rotatable bonds is 5. The fourth-order valence-corrected chi connectivity index (χ4v) is 2.18. The SMILES string of the molecule is COc1cccc(F)c1C(Cc1cccc(F)c1)NN. The third kappa shape index (κ3) is 3.12. The fraction of sp³-hybridized carbons (Fsp3) is 0.200. The quantitative estimate of drug-likeness (QED) is 0.653. The third-order valence-corrected chi connectivity index (χ3v) is 3.11. The van der Waals surface area contributed by atoms with Crippen molar-refractivity contribution in [3.8, 4) is 5.75 Å². The van der Waals surface area contributed by atoms with Gasteiger partial charge in [-0.15, -0.1) is 0 Å². The summed E-state index contributed by atoms with van der Waals surface area (Å²) < 4.78 is 32.4. The fourth-order valence-electron chi connectivity index (χ4n) is 2.18. The smallest absolute Gasteiger partial charge is 0.131 e. The van der Waals surface area contributed by atoms with Crippen LogP contribution in [0.5, 0.6) is 5.75 Å². The first kappa shape index (κ1) is 14.4. The summed E-state index contributed by atoms with van der Waals surface area (Å²) in [6.45, 7) is 0. The van der Waals surface area contributed by atoms with Crippen LogP contribution < -0.4 is 16.0 Å². The van der Waals surface area contributed by atoms with Crippen molar-refractivity contribution in [3.63, 3.8) is 0 Å². The van der Waals surface area contributed by atoms with Crippen molar-refractivity contribution in [2.75, 3.05) is 7.11 Å². The van der Waals surface area contributed by atoms with Crippen LogP contribution in [-0.2, 0) is 6.42 Å². The van der Waals surface area contributed by atoms with E-state index in [1.165, 1.54) is 25.3 Å². The van der Waals surface area contributed by atoms with Gasteiger partial charge in [0.2, 0.25) is 0 Å². The van der Waals surface area contributed by atoms with Crippen molar-refractivity contribution in [2.45, 2.75) is 12.5 Å². The van der Waals surface area contributed by atoms with Crippen LogP contribution in [0, 0.1) is 11.6 Å². The number of nitrogens with one attached hydrogen (secondary N) is 1. The van der Waals surface area contributed by atoms with Crippen LogP contribution in [0.25, 0.3) is 0 Å². The molecule has 5 heteroatoms. The number of halogens is 2. The summed E-state index contributed by atoms with van der Waals surface area (Å²) >= 11 is 0. The molecule has 0 amide bonds. The highest BCUT2D eigenvalue weighted by atomic mass is 19.1. The van der Waals surface area contributed by atoms with Crippen LogP contribution >= 0.6 is 0 Å². The standard InChI is InChI=1S/C15H16F2N2O/c1-20-14-7-3-6-12(17)15(14)13(19-18)9-10-4-2-5-11(16)8-10/h2-8,13,19H,9,18H2,1H3. The average Bonchev–Trinajstić information content (AvgIpc) is 2.45. The van der Waals surface area contributed by atoms with Crippen molar-refractivity contribution in [2.24, 2.45) is 5.84 Å². The van der Waals surface area contributed by atoms with Crippen LogP contribution in [0.3, 0.4) is 0 Å². The van der Waals surface area contributed by atoms with Gasteiger partial charge in [0.1, 0.15) is 17.4 Å². The van der Waals surface area contributed by atoms with Gasteiger partial charge in [-0.25, -0.2) is 8.78 Å². The first-order valence-corrected chi connectivity index (χ1v) is 6.18. The van der Waals surface area contributed by atoms with Crippen LogP contribution in [0.2, 0.25) is 0 Å². The van der Waals surface area contributed by atoms with Crippen LogP contribution in [-0.4, -0.2) is 7.11 Å². The van der Waals surface area contributed by atoms with E-state index in [4.69, 9.17) is 10.6 Å². The summed E-state index contributed by atoms with van der Waals surface area (Å²) in [5.41, 5.74) is 3.61. The Balaban J connectivity index is 2.33. The Morgan fingerprint density at radius 2 is 1.95 bits per heavy atom. The van der Waals surface area contributed by atoms with E-state index in [0.29, 0.717) is 17.7 Å². The molecule has 0 heterocycles. The highest BCUT2D eigenvalue weighted by Crippen LogP contribution is 2.29. The lowest BCUT2D eigenvalue weighted by atomic mass is 9.98. The topological polar surface area (TPSA) is 47.3 Å². The predicted molar refractivity (Wildman–Crippen MR) is 73.1 cm³/mol. The molecule has 1 unspecified atom stereocenters. The average molecular weight is 278 g/mol. The molecular formula is C15H16F2N2O. The molecule has 0 spiro atoms. The van der Waals surface area contributed by atoms with Gasteiger partial charge in [0, 0.05) is 5.56 Å². The maximum absolute atomic E-state index is 14.0. The van der Waals surface area contributed by atoms with E-state index in [-0.39, 0.29) is 5.82 Å². The molecule has 0 saturated heterocycles. The molecule has 0 aromatic heterocycles. The molecule has 20 heavy (non-hydrogen) atoms. The Labute approximate surface area is 116 Å².